The largest absolute Gasteiger partial charge is 0.469 e. The summed E-state index contributed by atoms with van der Waals surface area (Å²) in [5.41, 5.74) is 1.72. The van der Waals surface area contributed by atoms with Crippen molar-refractivity contribution in [2.45, 2.75) is 45.5 Å². The Morgan fingerprint density at radius 1 is 1.43 bits per heavy atom. The highest BCUT2D eigenvalue weighted by Crippen LogP contribution is 2.32. The highest BCUT2D eigenvalue weighted by Gasteiger charge is 2.29. The van der Waals surface area contributed by atoms with Gasteiger partial charge < -0.3 is 4.74 Å². The van der Waals surface area contributed by atoms with E-state index < -0.39 is 8.07 Å². The normalized spacial score (nSPS) is 15.1. The minimum atomic E-state index is -1.32. The fourth-order valence-electron chi connectivity index (χ4n) is 1.60. The maximum absolute atomic E-state index is 11.3. The molecule has 0 aromatic rings. The number of carbonyl (C=O) groups is 1. The molecule has 0 aliphatic carbocycles. The van der Waals surface area contributed by atoms with E-state index in [2.05, 4.69) is 32.6 Å². The molecule has 0 N–H and O–H groups in total. The quantitative estimate of drug-likeness (QED) is 0.408. The lowest BCUT2D eigenvalue weighted by Crippen LogP contribution is -2.31. The van der Waals surface area contributed by atoms with Crippen LogP contribution in [0.15, 0.2) is 11.6 Å². The van der Waals surface area contributed by atoms with Crippen LogP contribution in [0.4, 0.5) is 0 Å². The molecule has 0 saturated heterocycles. The van der Waals surface area contributed by atoms with Gasteiger partial charge in [-0.25, -0.2) is 0 Å². The Labute approximate surface area is 88.4 Å². The van der Waals surface area contributed by atoms with Crippen LogP contribution in [0.1, 0.15) is 20.3 Å². The van der Waals surface area contributed by atoms with Crippen LogP contribution in [0.5, 0.6) is 0 Å². The highest BCUT2D eigenvalue weighted by molar-refractivity contribution is 6.78. The van der Waals surface area contributed by atoms with Crippen LogP contribution in [0.25, 0.3) is 0 Å². The lowest BCUT2D eigenvalue weighted by Gasteiger charge is -2.28. The molecule has 0 bridgehead atoms. The van der Waals surface area contributed by atoms with Crippen molar-refractivity contribution in [3.8, 4) is 0 Å². The average molecular weight is 214 g/mol. The number of rotatable bonds is 4. The Morgan fingerprint density at radius 3 is 2.21 bits per heavy atom. The fraction of sp³-hybridized carbons (Fsp3) is 0.727. The van der Waals surface area contributed by atoms with Crippen LogP contribution in [-0.2, 0) is 9.53 Å². The molecule has 2 nitrogen and oxygen atoms in total. The van der Waals surface area contributed by atoms with Gasteiger partial charge in [0.15, 0.2) is 0 Å². The summed E-state index contributed by atoms with van der Waals surface area (Å²) in [5, 5.41) is 0. The first-order valence-electron chi connectivity index (χ1n) is 5.02. The third kappa shape index (κ3) is 4.09. The van der Waals surface area contributed by atoms with Gasteiger partial charge in [-0.05, 0) is 19.4 Å². The van der Waals surface area contributed by atoms with E-state index in [0.717, 1.165) is 0 Å². The van der Waals surface area contributed by atoms with Gasteiger partial charge in [0.2, 0.25) is 0 Å². The van der Waals surface area contributed by atoms with Crippen LogP contribution in [0, 0.1) is 0 Å². The van der Waals surface area contributed by atoms with Gasteiger partial charge in [-0.1, -0.05) is 31.3 Å². The topological polar surface area (TPSA) is 26.3 Å². The third-order valence-corrected chi connectivity index (χ3v) is 5.40. The second-order valence-electron chi connectivity index (χ2n) is 4.73. The molecule has 3 heteroatoms. The first-order chi connectivity index (χ1) is 6.32. The van der Waals surface area contributed by atoms with Crippen molar-refractivity contribution in [3.63, 3.8) is 0 Å². The molecular formula is C11H22O2Si. The Morgan fingerprint density at radius 2 is 1.93 bits per heavy atom. The van der Waals surface area contributed by atoms with Crippen LogP contribution in [0.3, 0.4) is 0 Å². The fourth-order valence-corrected chi connectivity index (χ4v) is 3.91. The molecule has 0 aliphatic rings. The molecule has 0 heterocycles. The van der Waals surface area contributed by atoms with Crippen molar-refractivity contribution in [2.24, 2.45) is 0 Å². The average Bonchev–Trinajstić information content (AvgIpc) is 2.10. The van der Waals surface area contributed by atoms with E-state index in [0.29, 0.717) is 12.0 Å². The first kappa shape index (κ1) is 13.4. The van der Waals surface area contributed by atoms with E-state index in [-0.39, 0.29) is 5.97 Å². The molecule has 0 amide bonds. The van der Waals surface area contributed by atoms with Crippen molar-refractivity contribution in [3.05, 3.63) is 11.6 Å². The first-order valence-corrected chi connectivity index (χ1v) is 8.60. The SMILES string of the molecule is C/C=C(\C)[C@@H](CC(=O)OC)[Si](C)(C)C. The van der Waals surface area contributed by atoms with Gasteiger partial charge in [-0.15, -0.1) is 0 Å². The lowest BCUT2D eigenvalue weighted by molar-refractivity contribution is -0.140. The van der Waals surface area contributed by atoms with Gasteiger partial charge in [0, 0.05) is 6.42 Å². The summed E-state index contributed by atoms with van der Waals surface area (Å²) in [7, 11) is 0.134. The lowest BCUT2D eigenvalue weighted by atomic mass is 10.1. The van der Waals surface area contributed by atoms with Crippen LogP contribution in [-0.4, -0.2) is 21.2 Å². The Bertz CT molecular complexity index is 226. The number of allylic oxidation sites excluding steroid dienone is 2. The van der Waals surface area contributed by atoms with Crippen LogP contribution >= 0.6 is 0 Å². The number of methoxy groups -OCH3 is 1. The molecular weight excluding hydrogens is 192 g/mol. The molecule has 0 aliphatic heterocycles. The molecule has 1 atom stereocenters. The number of esters is 1. The van der Waals surface area contributed by atoms with Crippen molar-refractivity contribution in [1.82, 2.24) is 0 Å². The minimum Gasteiger partial charge on any atom is -0.469 e. The molecule has 0 radical (unpaired) electrons. The monoisotopic (exact) mass is 214 g/mol. The number of ether oxygens (including phenoxy) is 1. The smallest absolute Gasteiger partial charge is 0.305 e. The summed E-state index contributed by atoms with van der Waals surface area (Å²) in [6.45, 7) is 11.0. The molecule has 0 unspecified atom stereocenters. The van der Waals surface area contributed by atoms with Crippen molar-refractivity contribution in [2.75, 3.05) is 7.11 Å². The van der Waals surface area contributed by atoms with Gasteiger partial charge >= 0.3 is 5.97 Å². The van der Waals surface area contributed by atoms with Crippen molar-refractivity contribution < 1.29 is 9.53 Å². The van der Waals surface area contributed by atoms with Gasteiger partial charge in [-0.2, -0.15) is 0 Å². The van der Waals surface area contributed by atoms with Crippen molar-refractivity contribution in [1.29, 1.82) is 0 Å². The summed E-state index contributed by atoms with van der Waals surface area (Å²) in [5.74, 6) is -0.0985. The number of hydrogen-bond donors (Lipinski definition) is 0. The van der Waals surface area contributed by atoms with E-state index in [1.54, 1.807) is 0 Å². The second-order valence-corrected chi connectivity index (χ2v) is 10.2. The molecule has 0 fully saturated rings. The van der Waals surface area contributed by atoms with E-state index in [1.165, 1.54) is 12.7 Å². The molecule has 0 spiro atoms. The molecule has 0 rings (SSSR count). The molecule has 82 valence electrons. The maximum Gasteiger partial charge on any atom is 0.305 e. The van der Waals surface area contributed by atoms with E-state index in [4.69, 9.17) is 4.74 Å². The highest BCUT2D eigenvalue weighted by atomic mass is 28.3. The molecule has 0 aromatic carbocycles. The summed E-state index contributed by atoms with van der Waals surface area (Å²) in [4.78, 5) is 11.3. The Kier molecular flexibility index (Phi) is 5.12. The van der Waals surface area contributed by atoms with Crippen LogP contribution in [0.2, 0.25) is 25.2 Å². The maximum atomic E-state index is 11.3. The Balaban J connectivity index is 4.67. The Hall–Kier alpha value is -0.573. The summed E-state index contributed by atoms with van der Waals surface area (Å²) in [6.07, 6.45) is 2.63. The molecule has 14 heavy (non-hydrogen) atoms. The molecule has 0 saturated carbocycles. The second kappa shape index (κ2) is 5.34. The van der Waals surface area contributed by atoms with E-state index in [1.807, 2.05) is 6.92 Å². The third-order valence-electron chi connectivity index (χ3n) is 2.65. The summed E-state index contributed by atoms with van der Waals surface area (Å²) >= 11 is 0. The summed E-state index contributed by atoms with van der Waals surface area (Å²) < 4.78 is 4.73. The zero-order valence-electron chi connectivity index (χ0n) is 10.2. The number of hydrogen-bond acceptors (Lipinski definition) is 2. The zero-order chi connectivity index (χ0) is 11.4. The predicted octanol–water partition coefficient (Wildman–Crippen LogP) is 3.22. The molecule has 0 aromatic heterocycles. The van der Waals surface area contributed by atoms with E-state index in [9.17, 15) is 4.79 Å². The standard InChI is InChI=1S/C11H22O2Si/c1-7-9(2)10(14(4,5)6)8-11(12)13-3/h7,10H,8H2,1-6H3/b9-7+/t10-/m1/s1. The number of carbonyl (C=O) groups excluding carboxylic acids is 1. The summed E-state index contributed by atoms with van der Waals surface area (Å²) in [6, 6.07) is 0. The predicted molar refractivity (Wildman–Crippen MR) is 63.2 cm³/mol. The zero-order valence-corrected chi connectivity index (χ0v) is 11.2. The van der Waals surface area contributed by atoms with Gasteiger partial charge in [0.25, 0.3) is 0 Å². The van der Waals surface area contributed by atoms with E-state index >= 15 is 0 Å². The van der Waals surface area contributed by atoms with Gasteiger partial charge in [0.1, 0.15) is 0 Å². The van der Waals surface area contributed by atoms with Gasteiger partial charge in [0.05, 0.1) is 15.2 Å². The van der Waals surface area contributed by atoms with Crippen molar-refractivity contribution >= 4 is 14.0 Å². The minimum absolute atomic E-state index is 0.0985. The van der Waals surface area contributed by atoms with Crippen LogP contribution < -0.4 is 0 Å². The van der Waals surface area contributed by atoms with Gasteiger partial charge in [-0.3, -0.25) is 4.79 Å².